The van der Waals surface area contributed by atoms with Crippen molar-refractivity contribution in [2.75, 3.05) is 18.4 Å². The molecule has 0 spiro atoms. The molecule has 128 valence electrons. The van der Waals surface area contributed by atoms with Crippen LogP contribution in [0.2, 0.25) is 0 Å². The third kappa shape index (κ3) is 4.54. The lowest BCUT2D eigenvalue weighted by molar-refractivity contribution is -0.383. The third-order valence-electron chi connectivity index (χ3n) is 3.48. The van der Waals surface area contributed by atoms with E-state index in [1.54, 1.807) is 36.4 Å². The van der Waals surface area contributed by atoms with Crippen LogP contribution in [0.5, 0.6) is 0 Å². The predicted octanol–water partition coefficient (Wildman–Crippen LogP) is 4.15. The predicted molar refractivity (Wildman–Crippen MR) is 99.1 cm³/mol. The third-order valence-corrected chi connectivity index (χ3v) is 3.48. The van der Waals surface area contributed by atoms with E-state index in [0.29, 0.717) is 18.8 Å². The first-order chi connectivity index (χ1) is 12.1. The van der Waals surface area contributed by atoms with Gasteiger partial charge in [0.15, 0.2) is 0 Å². The number of benzene rings is 2. The molecule has 6 heteroatoms. The average Bonchev–Trinajstić information content (AvgIpc) is 2.62. The van der Waals surface area contributed by atoms with Crippen LogP contribution in [0.1, 0.15) is 10.4 Å². The van der Waals surface area contributed by atoms with Crippen LogP contribution in [0.25, 0.3) is 0 Å². The van der Waals surface area contributed by atoms with Gasteiger partial charge in [-0.15, -0.1) is 13.2 Å². The molecule has 0 saturated heterocycles. The highest BCUT2D eigenvalue weighted by Crippen LogP contribution is 2.29. The second kappa shape index (κ2) is 8.44. The maximum Gasteiger partial charge on any atom is 0.293 e. The van der Waals surface area contributed by atoms with Gasteiger partial charge in [0.05, 0.1) is 4.92 Å². The van der Waals surface area contributed by atoms with E-state index in [9.17, 15) is 14.9 Å². The molecule has 25 heavy (non-hydrogen) atoms. The normalized spacial score (nSPS) is 9.92. The Morgan fingerprint density at radius 2 is 1.76 bits per heavy atom. The molecule has 2 rings (SSSR count). The topological polar surface area (TPSA) is 75.5 Å². The van der Waals surface area contributed by atoms with Crippen LogP contribution in [0.4, 0.5) is 17.1 Å². The standard InChI is InChI=1S/C19H19N3O3/c1-3-12-21(13-4-2)19(23)15-10-11-17(18(14-15)22(24)25)20-16-8-6-5-7-9-16/h3-11,14,20H,1-2,12-13H2. The van der Waals surface area contributed by atoms with Crippen LogP contribution in [0.3, 0.4) is 0 Å². The molecule has 6 nitrogen and oxygen atoms in total. The van der Waals surface area contributed by atoms with Gasteiger partial charge in [-0.05, 0) is 24.3 Å². The molecular weight excluding hydrogens is 318 g/mol. The van der Waals surface area contributed by atoms with E-state index in [1.165, 1.54) is 11.0 Å². The number of carbonyl (C=O) groups is 1. The number of hydrogen-bond acceptors (Lipinski definition) is 4. The summed E-state index contributed by atoms with van der Waals surface area (Å²) in [7, 11) is 0. The number of carbonyl (C=O) groups excluding carboxylic acids is 1. The monoisotopic (exact) mass is 337 g/mol. The average molecular weight is 337 g/mol. The van der Waals surface area contributed by atoms with E-state index in [1.807, 2.05) is 18.2 Å². The van der Waals surface area contributed by atoms with Crippen molar-refractivity contribution in [2.45, 2.75) is 0 Å². The van der Waals surface area contributed by atoms with E-state index >= 15 is 0 Å². The van der Waals surface area contributed by atoms with Crippen LogP contribution in [0.15, 0.2) is 73.8 Å². The van der Waals surface area contributed by atoms with Crippen molar-refractivity contribution in [1.29, 1.82) is 0 Å². The fourth-order valence-electron chi connectivity index (χ4n) is 2.33. The summed E-state index contributed by atoms with van der Waals surface area (Å²) in [6, 6.07) is 13.5. The summed E-state index contributed by atoms with van der Waals surface area (Å²) >= 11 is 0. The molecule has 2 aromatic rings. The summed E-state index contributed by atoms with van der Waals surface area (Å²) in [5.41, 5.74) is 1.14. The van der Waals surface area contributed by atoms with Crippen molar-refractivity contribution in [3.63, 3.8) is 0 Å². The van der Waals surface area contributed by atoms with Crippen molar-refractivity contribution >= 4 is 23.0 Å². The quantitative estimate of drug-likeness (QED) is 0.446. The van der Waals surface area contributed by atoms with Gasteiger partial charge in [0.1, 0.15) is 5.69 Å². The highest BCUT2D eigenvalue weighted by atomic mass is 16.6. The highest BCUT2D eigenvalue weighted by Gasteiger charge is 2.20. The van der Waals surface area contributed by atoms with Gasteiger partial charge in [0, 0.05) is 30.4 Å². The molecule has 0 unspecified atom stereocenters. The smallest absolute Gasteiger partial charge is 0.293 e. The first kappa shape index (κ1) is 17.9. The van der Waals surface area contributed by atoms with Crippen molar-refractivity contribution in [3.8, 4) is 0 Å². The van der Waals surface area contributed by atoms with Crippen molar-refractivity contribution in [2.24, 2.45) is 0 Å². The minimum Gasteiger partial charge on any atom is -0.350 e. The number of nitrogens with zero attached hydrogens (tertiary/aromatic N) is 2. The van der Waals surface area contributed by atoms with Gasteiger partial charge in [-0.3, -0.25) is 14.9 Å². The Hall–Kier alpha value is -3.41. The van der Waals surface area contributed by atoms with Crippen LogP contribution in [-0.2, 0) is 0 Å². The van der Waals surface area contributed by atoms with Crippen molar-refractivity contribution < 1.29 is 9.72 Å². The van der Waals surface area contributed by atoms with Crippen LogP contribution in [0, 0.1) is 10.1 Å². The number of nitro benzene ring substituents is 1. The second-order valence-electron chi connectivity index (χ2n) is 5.27. The van der Waals surface area contributed by atoms with Gasteiger partial charge in [-0.25, -0.2) is 0 Å². The Morgan fingerprint density at radius 1 is 1.12 bits per heavy atom. The Morgan fingerprint density at radius 3 is 2.32 bits per heavy atom. The molecule has 0 aliphatic rings. The molecule has 0 bridgehead atoms. The van der Waals surface area contributed by atoms with Gasteiger partial charge >= 0.3 is 0 Å². The zero-order chi connectivity index (χ0) is 18.2. The fourth-order valence-corrected chi connectivity index (χ4v) is 2.33. The second-order valence-corrected chi connectivity index (χ2v) is 5.27. The molecule has 2 aromatic carbocycles. The minimum atomic E-state index is -0.507. The van der Waals surface area contributed by atoms with Gasteiger partial charge in [0.2, 0.25) is 0 Å². The van der Waals surface area contributed by atoms with Crippen LogP contribution in [-0.4, -0.2) is 28.8 Å². The van der Waals surface area contributed by atoms with E-state index in [0.717, 1.165) is 5.69 Å². The minimum absolute atomic E-state index is 0.160. The van der Waals surface area contributed by atoms with Gasteiger partial charge in [-0.1, -0.05) is 30.4 Å². The SMILES string of the molecule is C=CCN(CC=C)C(=O)c1ccc(Nc2ccccc2)c([N+](=O)[O-])c1. The number of hydrogen-bond donors (Lipinski definition) is 1. The molecule has 0 saturated carbocycles. The highest BCUT2D eigenvalue weighted by molar-refractivity contribution is 5.96. The molecule has 0 aliphatic carbocycles. The molecule has 0 aromatic heterocycles. The lowest BCUT2D eigenvalue weighted by atomic mass is 10.1. The summed E-state index contributed by atoms with van der Waals surface area (Å²) in [5, 5.41) is 14.4. The van der Waals surface area contributed by atoms with Gasteiger partial charge in [0.25, 0.3) is 11.6 Å². The number of anilines is 2. The largest absolute Gasteiger partial charge is 0.350 e. The summed E-state index contributed by atoms with van der Waals surface area (Å²) < 4.78 is 0. The molecule has 1 N–H and O–H groups in total. The number of rotatable bonds is 8. The van der Waals surface area contributed by atoms with Crippen molar-refractivity contribution in [3.05, 3.63) is 89.5 Å². The zero-order valence-electron chi connectivity index (χ0n) is 13.7. The number of amides is 1. The van der Waals surface area contributed by atoms with Gasteiger partial charge in [-0.2, -0.15) is 0 Å². The fraction of sp³-hybridized carbons (Fsp3) is 0.105. The van der Waals surface area contributed by atoms with Crippen molar-refractivity contribution in [1.82, 2.24) is 4.90 Å². The van der Waals surface area contributed by atoms with E-state index in [4.69, 9.17) is 0 Å². The molecule has 0 heterocycles. The Labute approximate surface area is 146 Å². The molecule has 0 fully saturated rings. The lowest BCUT2D eigenvalue weighted by Gasteiger charge is -2.19. The zero-order valence-corrected chi connectivity index (χ0v) is 13.7. The van der Waals surface area contributed by atoms with Gasteiger partial charge < -0.3 is 10.2 Å². The summed E-state index contributed by atoms with van der Waals surface area (Å²) in [4.78, 5) is 25.0. The number of nitro groups is 1. The van der Waals surface area contributed by atoms with E-state index < -0.39 is 4.92 Å². The molecule has 0 aliphatic heterocycles. The maximum atomic E-state index is 12.6. The van der Waals surface area contributed by atoms with E-state index in [-0.39, 0.29) is 17.2 Å². The molecular formula is C19H19N3O3. The summed E-state index contributed by atoms with van der Waals surface area (Å²) in [6.45, 7) is 7.91. The number of para-hydroxylation sites is 1. The Balaban J connectivity index is 2.34. The van der Waals surface area contributed by atoms with Crippen LogP contribution < -0.4 is 5.32 Å². The van der Waals surface area contributed by atoms with E-state index in [2.05, 4.69) is 18.5 Å². The summed E-state index contributed by atoms with van der Waals surface area (Å²) in [5.74, 6) is -0.311. The molecule has 1 amide bonds. The first-order valence-electron chi connectivity index (χ1n) is 7.68. The summed E-state index contributed by atoms with van der Waals surface area (Å²) in [6.07, 6.45) is 3.20. The first-order valence-corrected chi connectivity index (χ1v) is 7.68. The lowest BCUT2D eigenvalue weighted by Crippen LogP contribution is -2.31. The Bertz CT molecular complexity index is 778. The molecule has 0 radical (unpaired) electrons. The maximum absolute atomic E-state index is 12.6. The Kier molecular flexibility index (Phi) is 6.06. The number of nitrogens with one attached hydrogen (secondary N) is 1. The molecule has 0 atom stereocenters. The van der Waals surface area contributed by atoms with Crippen LogP contribution >= 0.6 is 0 Å².